The first-order valence-electron chi connectivity index (χ1n) is 11.4. The van der Waals surface area contributed by atoms with E-state index in [0.717, 1.165) is 46.4 Å². The van der Waals surface area contributed by atoms with Crippen molar-refractivity contribution in [3.05, 3.63) is 77.9 Å². The first kappa shape index (κ1) is 20.7. The van der Waals surface area contributed by atoms with Gasteiger partial charge in [0, 0.05) is 36.3 Å². The minimum atomic E-state index is -0.231. The number of rotatable bonds is 5. The summed E-state index contributed by atoms with van der Waals surface area (Å²) in [5.41, 5.74) is 3.11. The quantitative estimate of drug-likeness (QED) is 0.469. The highest BCUT2D eigenvalue weighted by Gasteiger charge is 2.36. The maximum absolute atomic E-state index is 13.2. The van der Waals surface area contributed by atoms with Crippen molar-refractivity contribution in [2.75, 3.05) is 26.6 Å². The minimum Gasteiger partial charge on any atom is -0.454 e. The molecule has 0 atom stereocenters. The highest BCUT2D eigenvalue weighted by Crippen LogP contribution is 2.40. The van der Waals surface area contributed by atoms with Crippen LogP contribution in [0.25, 0.3) is 22.2 Å². The predicted octanol–water partition coefficient (Wildman–Crippen LogP) is 4.70. The Morgan fingerprint density at radius 2 is 1.76 bits per heavy atom. The van der Waals surface area contributed by atoms with Gasteiger partial charge in [0.2, 0.25) is 6.79 Å². The lowest BCUT2D eigenvalue weighted by atomic mass is 9.74. The number of nitrogens with one attached hydrogen (secondary N) is 1. The van der Waals surface area contributed by atoms with E-state index in [4.69, 9.17) is 18.7 Å². The van der Waals surface area contributed by atoms with E-state index in [0.29, 0.717) is 31.1 Å². The fourth-order valence-electron chi connectivity index (χ4n) is 4.79. The molecule has 172 valence electrons. The summed E-state index contributed by atoms with van der Waals surface area (Å²) in [6.07, 6.45) is 1.63. The van der Waals surface area contributed by atoms with Gasteiger partial charge in [0.15, 0.2) is 17.3 Å². The van der Waals surface area contributed by atoms with Crippen molar-refractivity contribution in [3.8, 4) is 22.8 Å². The summed E-state index contributed by atoms with van der Waals surface area (Å²) in [4.78, 5) is 13.2. The second kappa shape index (κ2) is 8.50. The van der Waals surface area contributed by atoms with E-state index in [1.165, 1.54) is 0 Å². The summed E-state index contributed by atoms with van der Waals surface area (Å²) in [6, 6.07) is 21.3. The summed E-state index contributed by atoms with van der Waals surface area (Å²) in [5.74, 6) is 2.03. The molecule has 0 unspecified atom stereocenters. The van der Waals surface area contributed by atoms with Crippen LogP contribution in [0.5, 0.6) is 11.5 Å². The molecule has 4 aromatic rings. The fourth-order valence-corrected chi connectivity index (χ4v) is 4.79. The Balaban J connectivity index is 1.26. The number of benzene rings is 3. The molecule has 2 aliphatic rings. The van der Waals surface area contributed by atoms with Gasteiger partial charge in [-0.3, -0.25) is 4.79 Å². The Morgan fingerprint density at radius 1 is 0.941 bits per heavy atom. The average Bonchev–Trinajstić information content (AvgIpc) is 3.54. The maximum Gasteiger partial charge on any atom is 0.251 e. The average molecular weight is 456 g/mol. The number of carbonyl (C=O) groups is 1. The van der Waals surface area contributed by atoms with E-state index in [1.807, 2.05) is 54.6 Å². The van der Waals surface area contributed by atoms with Crippen molar-refractivity contribution in [2.45, 2.75) is 18.3 Å². The summed E-state index contributed by atoms with van der Waals surface area (Å²) in [7, 11) is 0. The lowest BCUT2D eigenvalue weighted by Gasteiger charge is -2.38. The molecule has 1 amide bonds. The fraction of sp³-hybridized carbons (Fsp3) is 0.259. The van der Waals surface area contributed by atoms with Crippen LogP contribution in [0.3, 0.4) is 0 Å². The number of carbonyl (C=O) groups excluding carboxylic acids is 1. The van der Waals surface area contributed by atoms with Gasteiger partial charge in [-0.25, -0.2) is 0 Å². The molecule has 1 N–H and O–H groups in total. The Morgan fingerprint density at radius 3 is 2.62 bits per heavy atom. The number of nitrogens with zero attached hydrogens (tertiary/aromatic N) is 1. The molecule has 1 fully saturated rings. The van der Waals surface area contributed by atoms with Crippen molar-refractivity contribution in [3.63, 3.8) is 0 Å². The Hall–Kier alpha value is -3.84. The Bertz CT molecular complexity index is 1340. The van der Waals surface area contributed by atoms with Gasteiger partial charge in [0.05, 0.1) is 5.39 Å². The first-order chi connectivity index (χ1) is 16.7. The van der Waals surface area contributed by atoms with Crippen molar-refractivity contribution in [2.24, 2.45) is 0 Å². The van der Waals surface area contributed by atoms with Crippen LogP contribution in [0.4, 0.5) is 0 Å². The van der Waals surface area contributed by atoms with E-state index < -0.39 is 0 Å². The molecule has 34 heavy (non-hydrogen) atoms. The smallest absolute Gasteiger partial charge is 0.251 e. The van der Waals surface area contributed by atoms with Gasteiger partial charge >= 0.3 is 0 Å². The SMILES string of the molecule is O=C(NCC1(c2ccc3c(c2)OCO3)CCOCC1)c1ccc2noc(-c3ccccc3)c2c1. The van der Waals surface area contributed by atoms with Crippen molar-refractivity contribution < 1.29 is 23.5 Å². The molecule has 0 bridgehead atoms. The second-order valence-corrected chi connectivity index (χ2v) is 8.75. The van der Waals surface area contributed by atoms with E-state index >= 15 is 0 Å². The molecule has 3 aromatic carbocycles. The molecular formula is C27H24N2O5. The van der Waals surface area contributed by atoms with Gasteiger partial charge in [-0.05, 0) is 48.7 Å². The molecular weight excluding hydrogens is 432 g/mol. The molecule has 2 aliphatic heterocycles. The van der Waals surface area contributed by atoms with E-state index in [9.17, 15) is 4.79 Å². The van der Waals surface area contributed by atoms with Gasteiger partial charge in [0.1, 0.15) is 5.52 Å². The number of hydrogen-bond acceptors (Lipinski definition) is 6. The van der Waals surface area contributed by atoms with Gasteiger partial charge in [0.25, 0.3) is 5.91 Å². The molecule has 1 saturated heterocycles. The zero-order valence-corrected chi connectivity index (χ0v) is 18.6. The van der Waals surface area contributed by atoms with Gasteiger partial charge < -0.3 is 24.1 Å². The van der Waals surface area contributed by atoms with Crippen LogP contribution in [0.2, 0.25) is 0 Å². The van der Waals surface area contributed by atoms with Gasteiger partial charge in [-0.2, -0.15) is 0 Å². The Labute approximate surface area is 196 Å². The number of amides is 1. The lowest BCUT2D eigenvalue weighted by molar-refractivity contribution is 0.0486. The molecule has 0 saturated carbocycles. The molecule has 7 heteroatoms. The lowest BCUT2D eigenvalue weighted by Crippen LogP contribution is -2.44. The third-order valence-corrected chi connectivity index (χ3v) is 6.80. The van der Waals surface area contributed by atoms with Crippen LogP contribution >= 0.6 is 0 Å². The van der Waals surface area contributed by atoms with Gasteiger partial charge in [-0.15, -0.1) is 0 Å². The summed E-state index contributed by atoms with van der Waals surface area (Å²) < 4.78 is 22.3. The minimum absolute atomic E-state index is 0.131. The van der Waals surface area contributed by atoms with Crippen LogP contribution in [-0.2, 0) is 10.2 Å². The van der Waals surface area contributed by atoms with Crippen LogP contribution in [0, 0.1) is 0 Å². The molecule has 7 nitrogen and oxygen atoms in total. The van der Waals surface area contributed by atoms with Crippen LogP contribution in [0.15, 0.2) is 71.3 Å². The third kappa shape index (κ3) is 3.68. The molecule has 0 aliphatic carbocycles. The molecule has 0 radical (unpaired) electrons. The highest BCUT2D eigenvalue weighted by molar-refractivity contribution is 6.01. The van der Waals surface area contributed by atoms with Gasteiger partial charge in [-0.1, -0.05) is 41.6 Å². The molecule has 1 aromatic heterocycles. The van der Waals surface area contributed by atoms with Crippen molar-refractivity contribution in [1.82, 2.24) is 10.5 Å². The molecule has 6 rings (SSSR count). The third-order valence-electron chi connectivity index (χ3n) is 6.80. The number of fused-ring (bicyclic) bond motifs is 2. The topological polar surface area (TPSA) is 82.8 Å². The largest absolute Gasteiger partial charge is 0.454 e. The van der Waals surface area contributed by atoms with Crippen LogP contribution in [0.1, 0.15) is 28.8 Å². The predicted molar refractivity (Wildman–Crippen MR) is 126 cm³/mol. The Kier molecular flexibility index (Phi) is 5.19. The summed E-state index contributed by atoms with van der Waals surface area (Å²) in [5, 5.41) is 8.14. The zero-order chi connectivity index (χ0) is 23.0. The monoisotopic (exact) mass is 456 g/mol. The highest BCUT2D eigenvalue weighted by atomic mass is 16.7. The number of aromatic nitrogens is 1. The summed E-state index contributed by atoms with van der Waals surface area (Å²) >= 11 is 0. The zero-order valence-electron chi connectivity index (χ0n) is 18.6. The van der Waals surface area contributed by atoms with Crippen LogP contribution < -0.4 is 14.8 Å². The normalized spacial score (nSPS) is 16.5. The van der Waals surface area contributed by atoms with Crippen molar-refractivity contribution in [1.29, 1.82) is 0 Å². The van der Waals surface area contributed by atoms with Crippen LogP contribution in [-0.4, -0.2) is 37.6 Å². The standard InChI is InChI=1S/C27H24N2O5/c30-26(19-6-8-22-21(14-19)25(34-29-22)18-4-2-1-3-5-18)28-16-27(10-12-31-13-11-27)20-7-9-23-24(15-20)33-17-32-23/h1-9,14-15H,10-13,16-17H2,(H,28,30). The number of ether oxygens (including phenoxy) is 3. The molecule has 3 heterocycles. The maximum atomic E-state index is 13.2. The van der Waals surface area contributed by atoms with Crippen molar-refractivity contribution >= 4 is 16.8 Å². The molecule has 0 spiro atoms. The first-order valence-corrected chi connectivity index (χ1v) is 11.4. The van der Waals surface area contributed by atoms with E-state index in [2.05, 4.69) is 16.5 Å². The second-order valence-electron chi connectivity index (χ2n) is 8.75. The van der Waals surface area contributed by atoms with E-state index in [-0.39, 0.29) is 18.1 Å². The summed E-state index contributed by atoms with van der Waals surface area (Å²) in [6.45, 7) is 2.04. The number of hydrogen-bond donors (Lipinski definition) is 1. The van der Waals surface area contributed by atoms with E-state index in [1.54, 1.807) is 6.07 Å².